The highest BCUT2D eigenvalue weighted by Crippen LogP contribution is 2.25. The molecule has 108 valence electrons. The smallest absolute Gasteiger partial charge is 0.237 e. The topological polar surface area (TPSA) is 82.8 Å². The molecule has 0 saturated heterocycles. The molecule has 0 radical (unpaired) electrons. The quantitative estimate of drug-likeness (QED) is 0.878. The monoisotopic (exact) mass is 321 g/mol. The van der Waals surface area contributed by atoms with Gasteiger partial charge in [-0.3, -0.25) is 4.72 Å². The molecule has 1 aromatic heterocycles. The van der Waals surface area contributed by atoms with Crippen molar-refractivity contribution in [2.45, 2.75) is 12.7 Å². The number of nitrogens with zero attached hydrogens (tertiary/aromatic N) is 2. The Labute approximate surface area is 128 Å². The molecule has 0 aliphatic rings. The molecule has 0 bridgehead atoms. The Kier molecular flexibility index (Phi) is 4.46. The number of aromatic nitrogens is 1. The Morgan fingerprint density at radius 2 is 2.05 bits per heavy atom. The summed E-state index contributed by atoms with van der Waals surface area (Å²) in [6.07, 6.45) is 1.50. The van der Waals surface area contributed by atoms with Crippen molar-refractivity contribution in [2.75, 3.05) is 4.72 Å². The van der Waals surface area contributed by atoms with Crippen molar-refractivity contribution in [1.29, 1.82) is 5.26 Å². The van der Waals surface area contributed by atoms with Gasteiger partial charge in [0.05, 0.1) is 23.1 Å². The van der Waals surface area contributed by atoms with E-state index in [1.807, 2.05) is 6.07 Å². The second kappa shape index (κ2) is 6.12. The minimum absolute atomic E-state index is 0.0899. The van der Waals surface area contributed by atoms with Crippen molar-refractivity contribution in [2.24, 2.45) is 0 Å². The number of rotatable bonds is 4. The lowest BCUT2D eigenvalue weighted by atomic mass is 10.1. The molecule has 0 aliphatic heterocycles. The maximum absolute atomic E-state index is 12.2. The van der Waals surface area contributed by atoms with E-state index in [-0.39, 0.29) is 16.6 Å². The van der Waals surface area contributed by atoms with Crippen LogP contribution < -0.4 is 4.72 Å². The van der Waals surface area contributed by atoms with E-state index in [9.17, 15) is 8.42 Å². The van der Waals surface area contributed by atoms with E-state index in [1.165, 1.54) is 6.20 Å². The first-order valence-corrected chi connectivity index (χ1v) is 8.05. The van der Waals surface area contributed by atoms with Gasteiger partial charge >= 0.3 is 0 Å². The molecule has 1 N–H and O–H groups in total. The van der Waals surface area contributed by atoms with E-state index >= 15 is 0 Å². The Bertz CT molecular complexity index is 793. The zero-order valence-electron chi connectivity index (χ0n) is 11.2. The van der Waals surface area contributed by atoms with E-state index in [0.717, 1.165) is 0 Å². The van der Waals surface area contributed by atoms with Crippen molar-refractivity contribution in [3.05, 3.63) is 58.4 Å². The van der Waals surface area contributed by atoms with Crippen LogP contribution in [0.4, 0.5) is 5.69 Å². The molecule has 2 rings (SSSR count). The Morgan fingerprint density at radius 3 is 2.71 bits per heavy atom. The summed E-state index contributed by atoms with van der Waals surface area (Å²) in [6, 6.07) is 10.2. The fourth-order valence-electron chi connectivity index (χ4n) is 1.80. The summed E-state index contributed by atoms with van der Waals surface area (Å²) < 4.78 is 26.9. The van der Waals surface area contributed by atoms with Crippen LogP contribution in [0.5, 0.6) is 0 Å². The SMILES string of the molecule is Cc1ccnc(Cl)c1NS(=O)(=O)Cc1ccccc1C#N. The van der Waals surface area contributed by atoms with Crippen LogP contribution in [0, 0.1) is 18.3 Å². The van der Waals surface area contributed by atoms with Gasteiger partial charge in [-0.15, -0.1) is 0 Å². The van der Waals surface area contributed by atoms with E-state index < -0.39 is 10.0 Å². The molecule has 1 aromatic carbocycles. The molecule has 5 nitrogen and oxygen atoms in total. The zero-order valence-corrected chi connectivity index (χ0v) is 12.7. The molecule has 0 spiro atoms. The zero-order chi connectivity index (χ0) is 15.5. The van der Waals surface area contributed by atoms with Crippen molar-refractivity contribution < 1.29 is 8.42 Å². The van der Waals surface area contributed by atoms with Gasteiger partial charge in [0.1, 0.15) is 0 Å². The molecule has 0 atom stereocenters. The van der Waals surface area contributed by atoms with E-state index in [2.05, 4.69) is 9.71 Å². The van der Waals surface area contributed by atoms with Crippen LogP contribution in [0.2, 0.25) is 5.15 Å². The highest BCUT2D eigenvalue weighted by atomic mass is 35.5. The van der Waals surface area contributed by atoms with Crippen LogP contribution in [-0.2, 0) is 15.8 Å². The van der Waals surface area contributed by atoms with Crippen molar-refractivity contribution >= 4 is 27.3 Å². The second-order valence-electron chi connectivity index (χ2n) is 4.42. The van der Waals surface area contributed by atoms with Crippen molar-refractivity contribution in [3.8, 4) is 6.07 Å². The molecule has 0 fully saturated rings. The first-order chi connectivity index (χ1) is 9.93. The third-order valence-electron chi connectivity index (χ3n) is 2.85. The lowest BCUT2D eigenvalue weighted by Gasteiger charge is -2.12. The summed E-state index contributed by atoms with van der Waals surface area (Å²) >= 11 is 5.91. The van der Waals surface area contributed by atoms with Crippen LogP contribution in [0.1, 0.15) is 16.7 Å². The number of pyridine rings is 1. The maximum atomic E-state index is 12.2. The largest absolute Gasteiger partial charge is 0.280 e. The van der Waals surface area contributed by atoms with Gasteiger partial charge in [0.15, 0.2) is 5.15 Å². The van der Waals surface area contributed by atoms with E-state index in [4.69, 9.17) is 16.9 Å². The second-order valence-corrected chi connectivity index (χ2v) is 6.50. The van der Waals surface area contributed by atoms with Gasteiger partial charge in [0, 0.05) is 6.20 Å². The Balaban J connectivity index is 2.30. The molecule has 0 unspecified atom stereocenters. The fourth-order valence-corrected chi connectivity index (χ4v) is 3.41. The fraction of sp³-hybridized carbons (Fsp3) is 0.143. The van der Waals surface area contributed by atoms with Crippen LogP contribution in [-0.4, -0.2) is 13.4 Å². The number of aryl methyl sites for hydroxylation is 1. The van der Waals surface area contributed by atoms with Crippen molar-refractivity contribution in [3.63, 3.8) is 0 Å². The highest BCUT2D eigenvalue weighted by Gasteiger charge is 2.17. The summed E-state index contributed by atoms with van der Waals surface area (Å²) in [5, 5.41) is 9.09. The van der Waals surface area contributed by atoms with Gasteiger partial charge in [-0.25, -0.2) is 13.4 Å². The van der Waals surface area contributed by atoms with Gasteiger partial charge in [0.25, 0.3) is 0 Å². The lowest BCUT2D eigenvalue weighted by molar-refractivity contribution is 0.600. The summed E-state index contributed by atoms with van der Waals surface area (Å²) in [7, 11) is -3.69. The summed E-state index contributed by atoms with van der Waals surface area (Å²) in [5.74, 6) is -0.304. The lowest BCUT2D eigenvalue weighted by Crippen LogP contribution is -2.17. The normalized spacial score (nSPS) is 10.9. The minimum Gasteiger partial charge on any atom is -0.280 e. The standard InChI is InChI=1S/C14H12ClN3O2S/c1-10-6-7-17-14(15)13(10)18-21(19,20)9-12-5-3-2-4-11(12)8-16/h2-7,18H,9H2,1H3. The predicted octanol–water partition coefficient (Wildman–Crippen LogP) is 2.86. The average Bonchev–Trinajstić information content (AvgIpc) is 2.43. The van der Waals surface area contributed by atoms with E-state index in [0.29, 0.717) is 16.7 Å². The summed E-state index contributed by atoms with van der Waals surface area (Å²) in [5.41, 5.74) is 1.70. The summed E-state index contributed by atoms with van der Waals surface area (Å²) in [4.78, 5) is 3.85. The van der Waals surface area contributed by atoms with Crippen molar-refractivity contribution in [1.82, 2.24) is 4.98 Å². The summed E-state index contributed by atoms with van der Waals surface area (Å²) in [6.45, 7) is 1.73. The number of nitrogens with one attached hydrogen (secondary N) is 1. The van der Waals surface area contributed by atoms with Gasteiger partial charge in [-0.2, -0.15) is 5.26 Å². The number of anilines is 1. The molecule has 2 aromatic rings. The van der Waals surface area contributed by atoms with Gasteiger partial charge < -0.3 is 0 Å². The maximum Gasteiger partial charge on any atom is 0.237 e. The first-order valence-electron chi connectivity index (χ1n) is 6.02. The van der Waals surface area contributed by atoms with Crippen LogP contribution >= 0.6 is 11.6 Å². The first kappa shape index (κ1) is 15.3. The molecule has 0 aliphatic carbocycles. The van der Waals surface area contributed by atoms with Crippen LogP contribution in [0.25, 0.3) is 0 Å². The third-order valence-corrected chi connectivity index (χ3v) is 4.35. The predicted molar refractivity (Wildman–Crippen MR) is 81.4 cm³/mol. The molecule has 0 saturated carbocycles. The highest BCUT2D eigenvalue weighted by molar-refractivity contribution is 7.91. The number of halogens is 1. The molecule has 7 heteroatoms. The number of hydrogen-bond donors (Lipinski definition) is 1. The Hall–Kier alpha value is -2.10. The molecule has 1 heterocycles. The number of nitriles is 1. The molecular formula is C14H12ClN3O2S. The Morgan fingerprint density at radius 1 is 1.33 bits per heavy atom. The van der Waals surface area contributed by atoms with Gasteiger partial charge in [0.2, 0.25) is 10.0 Å². The van der Waals surface area contributed by atoms with E-state index in [1.54, 1.807) is 37.3 Å². The third kappa shape index (κ3) is 3.72. The molecule has 21 heavy (non-hydrogen) atoms. The van der Waals surface area contributed by atoms with Crippen LogP contribution in [0.15, 0.2) is 36.5 Å². The van der Waals surface area contributed by atoms with Gasteiger partial charge in [-0.1, -0.05) is 29.8 Å². The number of hydrogen-bond acceptors (Lipinski definition) is 4. The van der Waals surface area contributed by atoms with Crippen LogP contribution in [0.3, 0.4) is 0 Å². The average molecular weight is 322 g/mol. The molecule has 0 amide bonds. The van der Waals surface area contributed by atoms with Gasteiger partial charge in [-0.05, 0) is 30.2 Å². The number of benzene rings is 1. The minimum atomic E-state index is -3.69. The number of sulfonamides is 1. The molecular weight excluding hydrogens is 310 g/mol.